The van der Waals surface area contributed by atoms with Gasteiger partial charge in [0.2, 0.25) is 11.8 Å². The molecule has 0 aromatic carbocycles. The molecular weight excluding hydrogens is 414 g/mol. The third-order valence-corrected chi connectivity index (χ3v) is 7.58. The molecule has 11 heteroatoms. The van der Waals surface area contributed by atoms with Crippen LogP contribution in [0.5, 0.6) is 0 Å². The van der Waals surface area contributed by atoms with Gasteiger partial charge in [-0.1, -0.05) is 11.8 Å². The Hall–Kier alpha value is -2.40. The predicted octanol–water partition coefficient (Wildman–Crippen LogP) is 0.932. The van der Waals surface area contributed by atoms with Gasteiger partial charge in [0.1, 0.15) is 11.0 Å². The Morgan fingerprint density at radius 3 is 2.76 bits per heavy atom. The monoisotopic (exact) mass is 435 g/mol. The smallest absolute Gasteiger partial charge is 0.327 e. The Bertz CT molecular complexity index is 1090. The number of fused-ring (bicyclic) bond motifs is 3. The second-order valence-electron chi connectivity index (χ2n) is 7.22. The van der Waals surface area contributed by atoms with E-state index in [2.05, 4.69) is 10.3 Å². The van der Waals surface area contributed by atoms with Gasteiger partial charge in [0.15, 0.2) is 5.16 Å². The van der Waals surface area contributed by atoms with Gasteiger partial charge in [0, 0.05) is 26.0 Å². The van der Waals surface area contributed by atoms with Crippen molar-refractivity contribution in [3.05, 3.63) is 20.8 Å². The lowest BCUT2D eigenvalue weighted by molar-refractivity contribution is -0.132. The van der Waals surface area contributed by atoms with Crippen molar-refractivity contribution in [3.63, 3.8) is 0 Å². The topological polar surface area (TPSA) is 105 Å². The number of carbonyl (C=O) groups is 3. The molecule has 0 spiro atoms. The summed E-state index contributed by atoms with van der Waals surface area (Å²) >= 11 is 2.73. The molecule has 1 N–H and O–H groups in total. The summed E-state index contributed by atoms with van der Waals surface area (Å²) in [5.74, 6) is -0.647. The number of amides is 4. The van der Waals surface area contributed by atoms with Crippen molar-refractivity contribution in [3.8, 4) is 0 Å². The van der Waals surface area contributed by atoms with Gasteiger partial charge in [0.05, 0.1) is 17.6 Å². The molecule has 0 bridgehead atoms. The zero-order chi connectivity index (χ0) is 20.9. The summed E-state index contributed by atoms with van der Waals surface area (Å²) < 4.78 is 1.49. The van der Waals surface area contributed by atoms with Crippen molar-refractivity contribution >= 4 is 51.2 Å². The number of carbonyl (C=O) groups excluding carboxylic acids is 3. The molecule has 4 rings (SSSR count). The fourth-order valence-electron chi connectivity index (χ4n) is 3.66. The highest BCUT2D eigenvalue weighted by atomic mass is 32.2. The molecule has 1 aliphatic heterocycles. The highest BCUT2D eigenvalue weighted by molar-refractivity contribution is 7.99. The average molecular weight is 436 g/mol. The second kappa shape index (κ2) is 7.45. The van der Waals surface area contributed by atoms with Gasteiger partial charge in [-0.25, -0.2) is 9.78 Å². The Kier molecular flexibility index (Phi) is 5.11. The number of aromatic nitrogens is 2. The van der Waals surface area contributed by atoms with Crippen LogP contribution in [0.3, 0.4) is 0 Å². The van der Waals surface area contributed by atoms with E-state index in [-0.39, 0.29) is 29.5 Å². The Morgan fingerprint density at radius 2 is 2.00 bits per heavy atom. The minimum Gasteiger partial charge on any atom is -0.335 e. The third kappa shape index (κ3) is 3.42. The van der Waals surface area contributed by atoms with Gasteiger partial charge in [0.25, 0.3) is 5.56 Å². The molecule has 2 aliphatic rings. The van der Waals surface area contributed by atoms with Gasteiger partial charge >= 0.3 is 6.03 Å². The molecule has 9 nitrogen and oxygen atoms in total. The average Bonchev–Trinajstić information content (AvgIpc) is 3.26. The van der Waals surface area contributed by atoms with Crippen molar-refractivity contribution in [2.45, 2.75) is 37.0 Å². The maximum Gasteiger partial charge on any atom is 0.327 e. The summed E-state index contributed by atoms with van der Waals surface area (Å²) in [6.45, 7) is 0. The van der Waals surface area contributed by atoms with Crippen molar-refractivity contribution < 1.29 is 14.4 Å². The van der Waals surface area contributed by atoms with Crippen LogP contribution < -0.4 is 10.9 Å². The number of urea groups is 1. The molecule has 0 radical (unpaired) electrons. The first-order valence-corrected chi connectivity index (χ1v) is 11.0. The zero-order valence-electron chi connectivity index (χ0n) is 16.4. The number of nitrogens with one attached hydrogen (secondary N) is 1. The van der Waals surface area contributed by atoms with Crippen LogP contribution in [-0.4, -0.2) is 63.2 Å². The summed E-state index contributed by atoms with van der Waals surface area (Å²) in [7, 11) is 4.62. The number of hydrogen-bond donors (Lipinski definition) is 1. The van der Waals surface area contributed by atoms with Crippen LogP contribution in [0.2, 0.25) is 0 Å². The predicted molar refractivity (Wildman–Crippen MR) is 110 cm³/mol. The maximum absolute atomic E-state index is 12.8. The first-order valence-electron chi connectivity index (χ1n) is 9.24. The van der Waals surface area contributed by atoms with Crippen molar-refractivity contribution in [1.29, 1.82) is 0 Å². The number of aryl methyl sites for hydroxylation is 2. The summed E-state index contributed by atoms with van der Waals surface area (Å²) in [5, 5.41) is 3.89. The van der Waals surface area contributed by atoms with Crippen molar-refractivity contribution in [2.24, 2.45) is 7.05 Å². The molecule has 1 saturated heterocycles. The van der Waals surface area contributed by atoms with E-state index in [1.54, 1.807) is 25.4 Å². The van der Waals surface area contributed by atoms with E-state index in [0.29, 0.717) is 10.5 Å². The Labute approximate surface area is 175 Å². The van der Waals surface area contributed by atoms with Crippen LogP contribution in [0, 0.1) is 0 Å². The van der Waals surface area contributed by atoms with Crippen molar-refractivity contribution in [2.75, 3.05) is 19.8 Å². The Balaban J connectivity index is 1.46. The molecule has 29 heavy (non-hydrogen) atoms. The number of nitrogens with zero attached hydrogens (tertiary/aromatic N) is 4. The molecule has 1 unspecified atom stereocenters. The number of hydrogen-bond acceptors (Lipinski definition) is 7. The summed E-state index contributed by atoms with van der Waals surface area (Å²) in [4.78, 5) is 58.0. The molecule has 1 aliphatic carbocycles. The molecule has 2 aromatic heterocycles. The van der Waals surface area contributed by atoms with E-state index in [1.807, 2.05) is 0 Å². The van der Waals surface area contributed by atoms with Gasteiger partial charge in [-0.05, 0) is 24.8 Å². The largest absolute Gasteiger partial charge is 0.335 e. The summed E-state index contributed by atoms with van der Waals surface area (Å²) in [6.07, 6.45) is 2.33. The highest BCUT2D eigenvalue weighted by Gasteiger charge is 2.35. The molecule has 154 valence electrons. The van der Waals surface area contributed by atoms with Crippen LogP contribution in [0.25, 0.3) is 10.2 Å². The lowest BCUT2D eigenvalue weighted by Crippen LogP contribution is -2.59. The van der Waals surface area contributed by atoms with Crippen LogP contribution >= 0.6 is 23.1 Å². The van der Waals surface area contributed by atoms with E-state index in [9.17, 15) is 19.2 Å². The normalized spacial score (nSPS) is 19.2. The zero-order valence-corrected chi connectivity index (χ0v) is 18.0. The third-order valence-electron chi connectivity index (χ3n) is 5.36. The molecule has 1 fully saturated rings. The fourth-order valence-corrected chi connectivity index (χ4v) is 5.74. The van der Waals surface area contributed by atoms with Crippen LogP contribution in [0.1, 0.15) is 23.3 Å². The van der Waals surface area contributed by atoms with E-state index >= 15 is 0 Å². The van der Waals surface area contributed by atoms with Crippen LogP contribution in [0.4, 0.5) is 4.79 Å². The minimum absolute atomic E-state index is 0.0264. The quantitative estimate of drug-likeness (QED) is 0.566. The number of thiophene rings is 1. The van der Waals surface area contributed by atoms with E-state index < -0.39 is 12.2 Å². The van der Waals surface area contributed by atoms with E-state index in [1.165, 1.54) is 21.4 Å². The molecule has 2 aromatic rings. The summed E-state index contributed by atoms with van der Waals surface area (Å²) in [5.41, 5.74) is 1.05. The molecule has 4 amide bonds. The molecular formula is C18H21N5O4S2. The molecule has 1 atom stereocenters. The lowest BCUT2D eigenvalue weighted by Gasteiger charge is -2.36. The number of imide groups is 1. The number of thioether (sulfide) groups is 1. The molecule has 3 heterocycles. The van der Waals surface area contributed by atoms with Crippen LogP contribution in [-0.2, 0) is 29.5 Å². The van der Waals surface area contributed by atoms with Gasteiger partial charge in [-0.3, -0.25) is 23.9 Å². The lowest BCUT2D eigenvalue weighted by atomic mass is 10.2. The fraction of sp³-hybridized carbons (Fsp3) is 0.500. The molecule has 0 saturated carbocycles. The second-order valence-corrected chi connectivity index (χ2v) is 9.24. The van der Waals surface area contributed by atoms with Crippen molar-refractivity contribution in [1.82, 2.24) is 24.7 Å². The van der Waals surface area contributed by atoms with Gasteiger partial charge in [-0.2, -0.15) is 0 Å². The minimum atomic E-state index is -0.682. The Morgan fingerprint density at radius 1 is 1.24 bits per heavy atom. The van der Waals surface area contributed by atoms with Gasteiger partial charge in [-0.15, -0.1) is 11.3 Å². The van der Waals surface area contributed by atoms with Crippen LogP contribution in [0.15, 0.2) is 9.95 Å². The maximum atomic E-state index is 12.8. The van der Waals surface area contributed by atoms with Gasteiger partial charge < -0.3 is 10.2 Å². The summed E-state index contributed by atoms with van der Waals surface area (Å²) in [6, 6.07) is -0.459. The highest BCUT2D eigenvalue weighted by Crippen LogP contribution is 2.35. The van der Waals surface area contributed by atoms with E-state index in [0.717, 1.165) is 46.3 Å². The van der Waals surface area contributed by atoms with E-state index in [4.69, 9.17) is 0 Å². The standard InChI is InChI=1S/C18H21N5O4S2/c1-21-11(7-13(25)22(2)18(21)27)19-12(24)8-28-17-20-15-14(16(26)23(17)3)9-5-4-6-10(9)29-15/h11H,4-8H2,1-3H3,(H,19,24). The number of rotatable bonds is 4. The SMILES string of the molecule is CN1C(=O)CC(NC(=O)CSc2nc3sc4c(c3c(=O)n2C)CCC4)N(C)C1=O. The first-order chi connectivity index (χ1) is 13.8. The first kappa shape index (κ1) is 19.9.